The van der Waals surface area contributed by atoms with E-state index in [1.807, 2.05) is 6.07 Å². The highest BCUT2D eigenvalue weighted by Gasteiger charge is 2.09. The maximum absolute atomic E-state index is 8.95. The number of alkyl halides is 1. The van der Waals surface area contributed by atoms with E-state index >= 15 is 0 Å². The number of benzene rings is 2. The van der Waals surface area contributed by atoms with E-state index in [9.17, 15) is 0 Å². The number of halogens is 3. The Labute approximate surface area is 141 Å². The van der Waals surface area contributed by atoms with E-state index in [2.05, 4.69) is 15.9 Å². The van der Waals surface area contributed by atoms with Crippen molar-refractivity contribution in [1.29, 1.82) is 5.26 Å². The zero-order valence-electron chi connectivity index (χ0n) is 10.8. The zero-order chi connectivity index (χ0) is 15.2. The molecule has 0 aromatic heterocycles. The Morgan fingerprint density at radius 2 is 1.86 bits per heavy atom. The van der Waals surface area contributed by atoms with E-state index in [0.717, 1.165) is 0 Å². The lowest BCUT2D eigenvalue weighted by molar-refractivity contribution is 0.325. The Hall–Kier alpha value is -1.41. The van der Waals surface area contributed by atoms with Crippen molar-refractivity contribution in [2.75, 3.05) is 11.9 Å². The topological polar surface area (TPSA) is 42.2 Å². The molecule has 21 heavy (non-hydrogen) atoms. The van der Waals surface area contributed by atoms with Gasteiger partial charge in [0, 0.05) is 21.4 Å². The van der Waals surface area contributed by atoms with Crippen LogP contribution in [0.5, 0.6) is 17.2 Å². The van der Waals surface area contributed by atoms with Crippen molar-refractivity contribution in [3.63, 3.8) is 0 Å². The van der Waals surface area contributed by atoms with Crippen LogP contribution in [-0.2, 0) is 0 Å². The van der Waals surface area contributed by atoms with Crippen LogP contribution in [0.1, 0.15) is 5.56 Å². The molecule has 0 N–H and O–H groups in total. The van der Waals surface area contributed by atoms with Crippen molar-refractivity contribution in [3.05, 3.63) is 52.0 Å². The number of ether oxygens (including phenoxy) is 2. The molecule has 6 heteroatoms. The highest BCUT2D eigenvalue weighted by Crippen LogP contribution is 2.35. The fourth-order valence-electron chi connectivity index (χ4n) is 1.64. The van der Waals surface area contributed by atoms with Gasteiger partial charge in [-0.05, 0) is 30.3 Å². The molecule has 0 aliphatic carbocycles. The lowest BCUT2D eigenvalue weighted by Gasteiger charge is -2.12. The van der Waals surface area contributed by atoms with Crippen molar-refractivity contribution in [2.24, 2.45) is 0 Å². The summed E-state index contributed by atoms with van der Waals surface area (Å²) in [6.07, 6.45) is 0. The molecule has 2 rings (SSSR count). The first-order valence-electron chi connectivity index (χ1n) is 5.99. The van der Waals surface area contributed by atoms with Crippen molar-refractivity contribution in [3.8, 4) is 23.3 Å². The zero-order valence-corrected chi connectivity index (χ0v) is 13.9. The Morgan fingerprint density at radius 1 is 1.05 bits per heavy atom. The first-order valence-corrected chi connectivity index (χ1v) is 7.87. The van der Waals surface area contributed by atoms with Crippen LogP contribution in [0.3, 0.4) is 0 Å². The minimum Gasteiger partial charge on any atom is -0.489 e. The number of rotatable bonds is 5. The van der Waals surface area contributed by atoms with Crippen LogP contribution in [0.2, 0.25) is 10.0 Å². The molecule has 3 nitrogen and oxygen atoms in total. The van der Waals surface area contributed by atoms with E-state index in [1.54, 1.807) is 36.4 Å². The molecule has 2 aromatic rings. The second-order valence-electron chi connectivity index (χ2n) is 4.02. The molecule has 0 saturated heterocycles. The van der Waals surface area contributed by atoms with Crippen molar-refractivity contribution in [2.45, 2.75) is 0 Å². The van der Waals surface area contributed by atoms with Crippen molar-refractivity contribution >= 4 is 39.1 Å². The van der Waals surface area contributed by atoms with Crippen LogP contribution in [0.4, 0.5) is 0 Å². The van der Waals surface area contributed by atoms with Gasteiger partial charge in [-0.3, -0.25) is 0 Å². The molecule has 0 saturated carbocycles. The SMILES string of the molecule is N#Cc1cc(Cl)cc(Oc2ccc(Cl)cc2OCCBr)c1. The fourth-order valence-corrected chi connectivity index (χ4v) is 2.19. The predicted octanol–water partition coefficient (Wildman–Crippen LogP) is 5.43. The van der Waals surface area contributed by atoms with Crippen LogP contribution >= 0.6 is 39.1 Å². The van der Waals surface area contributed by atoms with E-state index in [1.165, 1.54) is 0 Å². The van der Waals surface area contributed by atoms with Gasteiger partial charge in [-0.2, -0.15) is 5.26 Å². The molecule has 0 bridgehead atoms. The summed E-state index contributed by atoms with van der Waals surface area (Å²) in [5, 5.41) is 10.6. The summed E-state index contributed by atoms with van der Waals surface area (Å²) in [7, 11) is 0. The van der Waals surface area contributed by atoms with E-state index in [0.29, 0.717) is 44.8 Å². The Morgan fingerprint density at radius 3 is 2.57 bits per heavy atom. The molecule has 0 fully saturated rings. The van der Waals surface area contributed by atoms with Gasteiger partial charge in [-0.25, -0.2) is 0 Å². The van der Waals surface area contributed by atoms with Gasteiger partial charge in [0.25, 0.3) is 0 Å². The first-order chi connectivity index (χ1) is 10.1. The predicted molar refractivity (Wildman–Crippen MR) is 87.0 cm³/mol. The van der Waals surface area contributed by atoms with Crippen LogP contribution in [0.25, 0.3) is 0 Å². The average Bonchev–Trinajstić information content (AvgIpc) is 2.46. The molecular formula is C15H10BrCl2NO2. The van der Waals surface area contributed by atoms with Gasteiger partial charge in [-0.15, -0.1) is 0 Å². The minimum atomic E-state index is 0.425. The Bertz CT molecular complexity index is 686. The first kappa shape index (κ1) is 16.0. The molecule has 108 valence electrons. The van der Waals surface area contributed by atoms with E-state index in [-0.39, 0.29) is 0 Å². The molecular weight excluding hydrogens is 377 g/mol. The molecule has 2 aromatic carbocycles. The van der Waals surface area contributed by atoms with Crippen LogP contribution in [-0.4, -0.2) is 11.9 Å². The molecule has 0 atom stereocenters. The highest BCUT2D eigenvalue weighted by atomic mass is 79.9. The van der Waals surface area contributed by atoms with Crippen molar-refractivity contribution < 1.29 is 9.47 Å². The maximum atomic E-state index is 8.95. The van der Waals surface area contributed by atoms with Crippen molar-refractivity contribution in [1.82, 2.24) is 0 Å². The third kappa shape index (κ3) is 4.53. The van der Waals surface area contributed by atoms with Gasteiger partial charge >= 0.3 is 0 Å². The van der Waals surface area contributed by atoms with Gasteiger partial charge in [0.1, 0.15) is 5.75 Å². The Balaban J connectivity index is 2.30. The molecule has 0 aliphatic heterocycles. The molecule has 0 radical (unpaired) electrons. The van der Waals surface area contributed by atoms with Crippen LogP contribution in [0, 0.1) is 11.3 Å². The lowest BCUT2D eigenvalue weighted by atomic mass is 10.2. The summed E-state index contributed by atoms with van der Waals surface area (Å²) in [6.45, 7) is 0.482. The summed E-state index contributed by atoms with van der Waals surface area (Å²) >= 11 is 15.2. The lowest BCUT2D eigenvalue weighted by Crippen LogP contribution is -1.99. The monoisotopic (exact) mass is 385 g/mol. The third-order valence-electron chi connectivity index (χ3n) is 2.47. The number of nitriles is 1. The standard InChI is InChI=1S/C15H10BrCl2NO2/c16-3-4-20-15-8-11(17)1-2-14(15)21-13-6-10(9-19)5-12(18)7-13/h1-2,5-8H,3-4H2. The van der Waals surface area contributed by atoms with Crippen LogP contribution < -0.4 is 9.47 Å². The van der Waals surface area contributed by atoms with Gasteiger partial charge in [0.05, 0.1) is 18.2 Å². The van der Waals surface area contributed by atoms with Gasteiger partial charge in [-0.1, -0.05) is 39.1 Å². The molecule has 0 unspecified atom stereocenters. The summed E-state index contributed by atoms with van der Waals surface area (Å²) < 4.78 is 11.3. The largest absolute Gasteiger partial charge is 0.489 e. The molecule has 0 aliphatic rings. The fraction of sp³-hybridized carbons (Fsp3) is 0.133. The maximum Gasteiger partial charge on any atom is 0.169 e. The normalized spacial score (nSPS) is 10.0. The quantitative estimate of drug-likeness (QED) is 0.643. The summed E-state index contributed by atoms with van der Waals surface area (Å²) in [5.74, 6) is 1.50. The highest BCUT2D eigenvalue weighted by molar-refractivity contribution is 9.09. The molecule has 0 amide bonds. The van der Waals surface area contributed by atoms with Gasteiger partial charge < -0.3 is 9.47 Å². The molecule has 0 spiro atoms. The number of hydrogen-bond donors (Lipinski definition) is 0. The second kappa shape index (κ2) is 7.56. The van der Waals surface area contributed by atoms with Gasteiger partial charge in [0.15, 0.2) is 11.5 Å². The minimum absolute atomic E-state index is 0.425. The number of nitrogens with zero attached hydrogens (tertiary/aromatic N) is 1. The van der Waals surface area contributed by atoms with Gasteiger partial charge in [0.2, 0.25) is 0 Å². The molecule has 0 heterocycles. The van der Waals surface area contributed by atoms with Crippen LogP contribution in [0.15, 0.2) is 36.4 Å². The Kier molecular flexibility index (Phi) is 5.75. The van der Waals surface area contributed by atoms with E-state index < -0.39 is 0 Å². The summed E-state index contributed by atoms with van der Waals surface area (Å²) in [6, 6.07) is 11.9. The smallest absolute Gasteiger partial charge is 0.169 e. The van der Waals surface area contributed by atoms with E-state index in [4.69, 9.17) is 37.9 Å². The average molecular weight is 387 g/mol. The number of hydrogen-bond acceptors (Lipinski definition) is 3. The second-order valence-corrected chi connectivity index (χ2v) is 5.68. The summed E-state index contributed by atoms with van der Waals surface area (Å²) in [4.78, 5) is 0. The third-order valence-corrected chi connectivity index (χ3v) is 3.25. The summed E-state index contributed by atoms with van der Waals surface area (Å²) in [5.41, 5.74) is 0.425.